The number of hydrogen-bond donors (Lipinski definition) is 2. The Balaban J connectivity index is 2.01. The van der Waals surface area contributed by atoms with Crippen LogP contribution in [0.15, 0.2) is 48.5 Å². The summed E-state index contributed by atoms with van der Waals surface area (Å²) in [5, 5.41) is 5.83. The Morgan fingerprint density at radius 3 is 2.12 bits per heavy atom. The molecule has 1 unspecified atom stereocenters. The molecule has 2 aromatic rings. The van der Waals surface area contributed by atoms with Gasteiger partial charge in [-0.3, -0.25) is 9.59 Å². The highest BCUT2D eigenvalue weighted by molar-refractivity contribution is 5.88. The number of nitrogens with one attached hydrogen (secondary N) is 2. The summed E-state index contributed by atoms with van der Waals surface area (Å²) in [6.45, 7) is 5.63. The SMILES string of the molecule is COc1ccc(C(NC(=O)Cc2ccc(NC(C)=O)cc2)C(C)C)cc1. The minimum atomic E-state index is -0.116. The first kappa shape index (κ1) is 19.5. The normalized spacial score (nSPS) is 11.7. The maximum Gasteiger partial charge on any atom is 0.224 e. The number of ether oxygens (including phenoxy) is 1. The van der Waals surface area contributed by atoms with Crippen molar-refractivity contribution in [2.24, 2.45) is 5.92 Å². The third-order valence-corrected chi connectivity index (χ3v) is 4.10. The molecule has 0 bridgehead atoms. The number of methoxy groups -OCH3 is 1. The van der Waals surface area contributed by atoms with Crippen molar-refractivity contribution in [2.75, 3.05) is 12.4 Å². The van der Waals surface area contributed by atoms with Crippen LogP contribution in [-0.2, 0) is 16.0 Å². The van der Waals surface area contributed by atoms with E-state index in [9.17, 15) is 9.59 Å². The molecule has 2 N–H and O–H groups in total. The lowest BCUT2D eigenvalue weighted by Crippen LogP contribution is -2.32. The highest BCUT2D eigenvalue weighted by Crippen LogP contribution is 2.24. The van der Waals surface area contributed by atoms with E-state index in [1.807, 2.05) is 36.4 Å². The van der Waals surface area contributed by atoms with E-state index in [0.717, 1.165) is 22.6 Å². The molecule has 5 nitrogen and oxygen atoms in total. The first-order valence-corrected chi connectivity index (χ1v) is 8.69. The fraction of sp³-hybridized carbons (Fsp3) is 0.333. The Bertz CT molecular complexity index is 737. The summed E-state index contributed by atoms with van der Waals surface area (Å²) in [5.41, 5.74) is 2.67. The zero-order valence-corrected chi connectivity index (χ0v) is 15.7. The van der Waals surface area contributed by atoms with Gasteiger partial charge in [0.05, 0.1) is 19.6 Å². The summed E-state index contributed by atoms with van der Waals surface area (Å²) in [7, 11) is 1.63. The molecule has 138 valence electrons. The van der Waals surface area contributed by atoms with Gasteiger partial charge in [0.15, 0.2) is 0 Å². The van der Waals surface area contributed by atoms with Crippen molar-refractivity contribution >= 4 is 17.5 Å². The highest BCUT2D eigenvalue weighted by atomic mass is 16.5. The van der Waals surface area contributed by atoms with Crippen LogP contribution in [0.25, 0.3) is 0 Å². The molecule has 0 saturated carbocycles. The smallest absolute Gasteiger partial charge is 0.224 e. The molecular formula is C21H26N2O3. The van der Waals surface area contributed by atoms with Crippen molar-refractivity contribution in [1.82, 2.24) is 5.32 Å². The van der Waals surface area contributed by atoms with Crippen molar-refractivity contribution < 1.29 is 14.3 Å². The fourth-order valence-electron chi connectivity index (χ4n) is 2.77. The largest absolute Gasteiger partial charge is 0.497 e. The lowest BCUT2D eigenvalue weighted by molar-refractivity contribution is -0.121. The standard InChI is InChI=1S/C21H26N2O3/c1-14(2)21(17-7-11-19(26-4)12-8-17)23-20(25)13-16-5-9-18(10-6-16)22-15(3)24/h5-12,14,21H,13H2,1-4H3,(H,22,24)(H,23,25). The maximum atomic E-state index is 12.5. The molecule has 0 fully saturated rings. The van der Waals surface area contributed by atoms with Crippen molar-refractivity contribution in [1.29, 1.82) is 0 Å². The zero-order chi connectivity index (χ0) is 19.1. The van der Waals surface area contributed by atoms with Crippen LogP contribution in [0.4, 0.5) is 5.69 Å². The summed E-state index contributed by atoms with van der Waals surface area (Å²) >= 11 is 0. The predicted molar refractivity (Wildman–Crippen MR) is 103 cm³/mol. The van der Waals surface area contributed by atoms with Gasteiger partial charge in [-0.05, 0) is 41.3 Å². The van der Waals surface area contributed by atoms with Crippen molar-refractivity contribution in [3.05, 3.63) is 59.7 Å². The molecule has 0 saturated heterocycles. The second-order valence-corrected chi connectivity index (χ2v) is 6.62. The molecule has 0 aliphatic carbocycles. The second kappa shape index (κ2) is 9.04. The van der Waals surface area contributed by atoms with Crippen LogP contribution in [-0.4, -0.2) is 18.9 Å². The molecule has 5 heteroatoms. The van der Waals surface area contributed by atoms with Gasteiger partial charge in [0.1, 0.15) is 5.75 Å². The molecule has 0 spiro atoms. The second-order valence-electron chi connectivity index (χ2n) is 6.62. The molecule has 0 aliphatic rings. The number of carbonyl (C=O) groups is 2. The maximum absolute atomic E-state index is 12.5. The third-order valence-electron chi connectivity index (χ3n) is 4.10. The molecule has 2 amide bonds. The molecule has 0 aromatic heterocycles. The van der Waals surface area contributed by atoms with Crippen LogP contribution in [0.1, 0.15) is 37.9 Å². The average Bonchev–Trinajstić information content (AvgIpc) is 2.61. The van der Waals surface area contributed by atoms with Crippen LogP contribution in [0.2, 0.25) is 0 Å². The number of benzene rings is 2. The van der Waals surface area contributed by atoms with Crippen molar-refractivity contribution in [2.45, 2.75) is 33.2 Å². The van der Waals surface area contributed by atoms with E-state index >= 15 is 0 Å². The zero-order valence-electron chi connectivity index (χ0n) is 15.7. The Hall–Kier alpha value is -2.82. The quantitative estimate of drug-likeness (QED) is 0.796. The predicted octanol–water partition coefficient (Wildman–Crippen LogP) is 3.71. The van der Waals surface area contributed by atoms with E-state index in [-0.39, 0.29) is 23.8 Å². The van der Waals surface area contributed by atoms with Gasteiger partial charge in [-0.1, -0.05) is 38.1 Å². The molecule has 2 rings (SSSR count). The third kappa shape index (κ3) is 5.62. The van der Waals surface area contributed by atoms with E-state index in [2.05, 4.69) is 24.5 Å². The molecule has 26 heavy (non-hydrogen) atoms. The van der Waals surface area contributed by atoms with Crippen LogP contribution in [0, 0.1) is 5.92 Å². The van der Waals surface area contributed by atoms with E-state index in [4.69, 9.17) is 4.74 Å². The average molecular weight is 354 g/mol. The van der Waals surface area contributed by atoms with Gasteiger partial charge < -0.3 is 15.4 Å². The van der Waals surface area contributed by atoms with E-state index in [0.29, 0.717) is 6.42 Å². The van der Waals surface area contributed by atoms with Crippen LogP contribution < -0.4 is 15.4 Å². The van der Waals surface area contributed by atoms with E-state index in [1.54, 1.807) is 19.2 Å². The molecular weight excluding hydrogens is 328 g/mol. The number of anilines is 1. The number of rotatable bonds is 7. The highest BCUT2D eigenvalue weighted by Gasteiger charge is 2.18. The monoisotopic (exact) mass is 354 g/mol. The Kier molecular flexibility index (Phi) is 6.78. The van der Waals surface area contributed by atoms with Gasteiger partial charge in [-0.25, -0.2) is 0 Å². The molecule has 0 heterocycles. The van der Waals surface area contributed by atoms with E-state index in [1.165, 1.54) is 6.92 Å². The van der Waals surface area contributed by atoms with Crippen LogP contribution in [0.5, 0.6) is 5.75 Å². The fourth-order valence-corrected chi connectivity index (χ4v) is 2.77. The lowest BCUT2D eigenvalue weighted by Gasteiger charge is -2.23. The summed E-state index contributed by atoms with van der Waals surface area (Å²) < 4.78 is 5.19. The molecule has 0 radical (unpaired) electrons. The first-order chi connectivity index (χ1) is 12.4. The summed E-state index contributed by atoms with van der Waals surface area (Å²) in [4.78, 5) is 23.5. The molecule has 2 aromatic carbocycles. The first-order valence-electron chi connectivity index (χ1n) is 8.69. The van der Waals surface area contributed by atoms with E-state index < -0.39 is 0 Å². The topological polar surface area (TPSA) is 67.4 Å². The number of carbonyl (C=O) groups excluding carboxylic acids is 2. The van der Waals surface area contributed by atoms with Crippen molar-refractivity contribution in [3.8, 4) is 5.75 Å². The molecule has 0 aliphatic heterocycles. The van der Waals surface area contributed by atoms with Gasteiger partial charge >= 0.3 is 0 Å². The van der Waals surface area contributed by atoms with Crippen molar-refractivity contribution in [3.63, 3.8) is 0 Å². The lowest BCUT2D eigenvalue weighted by atomic mass is 9.95. The Morgan fingerprint density at radius 1 is 1.00 bits per heavy atom. The molecule has 1 atom stereocenters. The Labute approximate surface area is 154 Å². The minimum Gasteiger partial charge on any atom is -0.497 e. The van der Waals surface area contributed by atoms with Gasteiger partial charge in [0, 0.05) is 12.6 Å². The van der Waals surface area contributed by atoms with Gasteiger partial charge in [-0.2, -0.15) is 0 Å². The van der Waals surface area contributed by atoms with Gasteiger partial charge in [0.25, 0.3) is 0 Å². The Morgan fingerprint density at radius 2 is 1.62 bits per heavy atom. The van der Waals surface area contributed by atoms with Gasteiger partial charge in [-0.15, -0.1) is 0 Å². The van der Waals surface area contributed by atoms with Gasteiger partial charge in [0.2, 0.25) is 11.8 Å². The number of amides is 2. The summed E-state index contributed by atoms with van der Waals surface area (Å²) in [6, 6.07) is 15.0. The minimum absolute atomic E-state index is 0.0354. The summed E-state index contributed by atoms with van der Waals surface area (Å²) in [5.74, 6) is 0.901. The number of hydrogen-bond acceptors (Lipinski definition) is 3. The summed E-state index contributed by atoms with van der Waals surface area (Å²) in [6.07, 6.45) is 0.291. The van der Waals surface area contributed by atoms with Crippen LogP contribution in [0.3, 0.4) is 0 Å². The van der Waals surface area contributed by atoms with Crippen LogP contribution >= 0.6 is 0 Å².